The first-order valence-corrected chi connectivity index (χ1v) is 8.15. The molecule has 0 fully saturated rings. The number of carbonyl (C=O) groups is 3. The Kier molecular flexibility index (Phi) is 23.8. The van der Waals surface area contributed by atoms with E-state index in [1.54, 1.807) is 6.92 Å². The Balaban J connectivity index is -0.000000362. The van der Waals surface area contributed by atoms with E-state index in [0.717, 1.165) is 25.0 Å². The Bertz CT molecular complexity index is 412. The van der Waals surface area contributed by atoms with Crippen LogP contribution in [0.25, 0.3) is 0 Å². The van der Waals surface area contributed by atoms with E-state index in [1.165, 1.54) is 32.8 Å². The highest BCUT2D eigenvalue weighted by Crippen LogP contribution is 2.05. The lowest BCUT2D eigenvalue weighted by Gasteiger charge is -2.03. The molecule has 144 valence electrons. The highest BCUT2D eigenvalue weighted by atomic mass is 16.5. The van der Waals surface area contributed by atoms with Crippen molar-refractivity contribution < 1.29 is 29.0 Å². The molecule has 0 unspecified atom stereocenters. The first kappa shape index (κ1) is 27.5. The molecule has 0 saturated carbocycles. The minimum absolute atomic E-state index is 0.265. The third kappa shape index (κ3) is 30.1. The van der Waals surface area contributed by atoms with Crippen molar-refractivity contribution in [2.75, 3.05) is 13.7 Å². The molecule has 0 heterocycles. The van der Waals surface area contributed by atoms with Crippen LogP contribution in [0.5, 0.6) is 0 Å². The summed E-state index contributed by atoms with van der Waals surface area (Å²) in [5, 5.41) is 7.60. The standard InChI is InChI=1S/C12H22O2.C4H6O2.C3H4O2/c1-4-5-6-7-8-9-10-14-12(13)11(2)3;1-3-4(5)6-2;1-2-3(4)5/h2,4-10H2,1,3H3;3H,1H2,2H3;2H,1H2,(H,4,5). The number of unbranched alkanes of at least 4 members (excludes halogenated alkanes) is 5. The third-order valence-electron chi connectivity index (χ3n) is 2.62. The van der Waals surface area contributed by atoms with Gasteiger partial charge in [0.15, 0.2) is 0 Å². The van der Waals surface area contributed by atoms with E-state index >= 15 is 0 Å². The Morgan fingerprint density at radius 2 is 1.48 bits per heavy atom. The molecule has 25 heavy (non-hydrogen) atoms. The van der Waals surface area contributed by atoms with E-state index in [0.29, 0.717) is 12.2 Å². The lowest BCUT2D eigenvalue weighted by Crippen LogP contribution is -2.05. The smallest absolute Gasteiger partial charge is 0.333 e. The average Bonchev–Trinajstić information content (AvgIpc) is 2.60. The zero-order valence-corrected chi connectivity index (χ0v) is 15.7. The van der Waals surface area contributed by atoms with Gasteiger partial charge in [0.2, 0.25) is 0 Å². The van der Waals surface area contributed by atoms with Crippen molar-refractivity contribution in [3.63, 3.8) is 0 Å². The van der Waals surface area contributed by atoms with Crippen molar-refractivity contribution in [2.24, 2.45) is 0 Å². The van der Waals surface area contributed by atoms with Gasteiger partial charge in [0.05, 0.1) is 13.7 Å². The molecular formula is C19H32O6. The van der Waals surface area contributed by atoms with E-state index in [4.69, 9.17) is 9.84 Å². The van der Waals surface area contributed by atoms with Gasteiger partial charge in [-0.15, -0.1) is 0 Å². The van der Waals surface area contributed by atoms with Crippen LogP contribution in [0.4, 0.5) is 0 Å². The maximum Gasteiger partial charge on any atom is 0.333 e. The molecule has 6 nitrogen and oxygen atoms in total. The quantitative estimate of drug-likeness (QED) is 0.360. The normalized spacial score (nSPS) is 8.44. The van der Waals surface area contributed by atoms with Crippen molar-refractivity contribution in [3.8, 4) is 0 Å². The molecule has 0 saturated heterocycles. The summed E-state index contributed by atoms with van der Waals surface area (Å²) in [4.78, 5) is 30.0. The van der Waals surface area contributed by atoms with E-state index < -0.39 is 11.9 Å². The van der Waals surface area contributed by atoms with Crippen LogP contribution in [0.2, 0.25) is 0 Å². The molecule has 0 amide bonds. The van der Waals surface area contributed by atoms with Crippen molar-refractivity contribution in [1.29, 1.82) is 0 Å². The molecule has 6 heteroatoms. The minimum atomic E-state index is -0.981. The van der Waals surface area contributed by atoms with Crippen molar-refractivity contribution in [1.82, 2.24) is 0 Å². The van der Waals surface area contributed by atoms with E-state index in [2.05, 4.69) is 31.4 Å². The molecule has 0 bridgehead atoms. The highest BCUT2D eigenvalue weighted by Gasteiger charge is 2.01. The molecule has 0 aliphatic carbocycles. The molecule has 0 aromatic carbocycles. The van der Waals surface area contributed by atoms with Crippen molar-refractivity contribution in [3.05, 3.63) is 37.5 Å². The number of carboxylic acid groups (broad SMARTS) is 1. The number of ether oxygens (including phenoxy) is 2. The van der Waals surface area contributed by atoms with Crippen LogP contribution >= 0.6 is 0 Å². The Morgan fingerprint density at radius 1 is 1.00 bits per heavy atom. The first-order chi connectivity index (χ1) is 11.8. The monoisotopic (exact) mass is 356 g/mol. The number of rotatable bonds is 10. The fourth-order valence-electron chi connectivity index (χ4n) is 1.25. The second-order valence-electron chi connectivity index (χ2n) is 4.95. The number of hydrogen-bond donors (Lipinski definition) is 1. The summed E-state index contributed by atoms with van der Waals surface area (Å²) < 4.78 is 9.11. The molecular weight excluding hydrogens is 324 g/mol. The summed E-state index contributed by atoms with van der Waals surface area (Å²) in [5.74, 6) is -1.64. The lowest BCUT2D eigenvalue weighted by atomic mass is 10.1. The lowest BCUT2D eigenvalue weighted by molar-refractivity contribution is -0.139. The molecule has 1 N–H and O–H groups in total. The highest BCUT2D eigenvalue weighted by molar-refractivity contribution is 5.86. The number of carbonyl (C=O) groups excluding carboxylic acids is 2. The number of hydrogen-bond acceptors (Lipinski definition) is 5. The van der Waals surface area contributed by atoms with Crippen molar-refractivity contribution >= 4 is 17.9 Å². The Morgan fingerprint density at radius 3 is 1.80 bits per heavy atom. The van der Waals surface area contributed by atoms with Crippen molar-refractivity contribution in [2.45, 2.75) is 52.4 Å². The number of esters is 2. The SMILES string of the molecule is C=C(C)C(=O)OCCCCCCCC.C=CC(=O)O.C=CC(=O)OC. The van der Waals surface area contributed by atoms with Gasteiger partial charge in [0.25, 0.3) is 0 Å². The predicted molar refractivity (Wildman–Crippen MR) is 99.2 cm³/mol. The summed E-state index contributed by atoms with van der Waals surface area (Å²) in [5.41, 5.74) is 0.482. The first-order valence-electron chi connectivity index (χ1n) is 8.15. The van der Waals surface area contributed by atoms with Gasteiger partial charge >= 0.3 is 17.9 Å². The van der Waals surface area contributed by atoms with Crippen LogP contribution < -0.4 is 0 Å². The maximum atomic E-state index is 11.0. The van der Waals surface area contributed by atoms with E-state index in [9.17, 15) is 14.4 Å². The van der Waals surface area contributed by atoms with Crippen LogP contribution in [0.3, 0.4) is 0 Å². The Hall–Kier alpha value is -2.37. The third-order valence-corrected chi connectivity index (χ3v) is 2.62. The second kappa shape index (κ2) is 21.6. The summed E-state index contributed by atoms with van der Waals surface area (Å²) >= 11 is 0. The van der Waals surface area contributed by atoms with Crippen LogP contribution in [-0.4, -0.2) is 36.7 Å². The maximum absolute atomic E-state index is 11.0. The topological polar surface area (TPSA) is 89.9 Å². The van der Waals surface area contributed by atoms with Gasteiger partial charge in [0.1, 0.15) is 0 Å². The van der Waals surface area contributed by atoms with Crippen LogP contribution in [0, 0.1) is 0 Å². The van der Waals surface area contributed by atoms with Gasteiger partial charge < -0.3 is 14.6 Å². The van der Waals surface area contributed by atoms with Gasteiger partial charge in [-0.2, -0.15) is 0 Å². The van der Waals surface area contributed by atoms with Gasteiger partial charge in [0, 0.05) is 17.7 Å². The number of aliphatic carboxylic acids is 1. The zero-order valence-electron chi connectivity index (χ0n) is 15.7. The van der Waals surface area contributed by atoms with Crippen LogP contribution in [0.1, 0.15) is 52.4 Å². The van der Waals surface area contributed by atoms with E-state index in [1.807, 2.05) is 0 Å². The van der Waals surface area contributed by atoms with Crippen LogP contribution in [-0.2, 0) is 23.9 Å². The predicted octanol–water partition coefficient (Wildman–Crippen LogP) is 4.07. The fourth-order valence-corrected chi connectivity index (χ4v) is 1.25. The summed E-state index contributed by atoms with van der Waals surface area (Å²) in [6.07, 6.45) is 9.20. The van der Waals surface area contributed by atoms with Crippen LogP contribution in [0.15, 0.2) is 37.5 Å². The fraction of sp³-hybridized carbons (Fsp3) is 0.526. The molecule has 0 rings (SSSR count). The molecule has 0 spiro atoms. The molecule has 0 atom stereocenters. The molecule has 0 aliphatic heterocycles. The average molecular weight is 356 g/mol. The molecule has 0 aromatic heterocycles. The Labute approximate surface area is 151 Å². The molecule has 0 radical (unpaired) electrons. The largest absolute Gasteiger partial charge is 0.478 e. The van der Waals surface area contributed by atoms with Gasteiger partial charge in [-0.25, -0.2) is 14.4 Å². The molecule has 0 aromatic rings. The summed E-state index contributed by atoms with van der Waals surface area (Å²) in [6.45, 7) is 14.1. The second-order valence-corrected chi connectivity index (χ2v) is 4.95. The van der Waals surface area contributed by atoms with E-state index in [-0.39, 0.29) is 5.97 Å². The summed E-state index contributed by atoms with van der Waals surface area (Å²) in [7, 11) is 1.31. The summed E-state index contributed by atoms with van der Waals surface area (Å²) in [6, 6.07) is 0. The number of methoxy groups -OCH3 is 1. The van der Waals surface area contributed by atoms with Gasteiger partial charge in [-0.05, 0) is 13.3 Å². The minimum Gasteiger partial charge on any atom is -0.478 e. The molecule has 0 aliphatic rings. The number of carboxylic acids is 1. The van der Waals surface area contributed by atoms with Gasteiger partial charge in [-0.3, -0.25) is 0 Å². The van der Waals surface area contributed by atoms with Gasteiger partial charge in [-0.1, -0.05) is 58.8 Å². The zero-order chi connectivity index (χ0) is 20.1.